The van der Waals surface area contributed by atoms with Gasteiger partial charge in [0.25, 0.3) is 0 Å². The Balaban J connectivity index is 3.25. The van der Waals surface area contributed by atoms with Crippen LogP contribution in [0.3, 0.4) is 0 Å². The molecular weight excluding hydrogens is 299 g/mol. The van der Waals surface area contributed by atoms with E-state index in [1.165, 1.54) is 0 Å². The lowest BCUT2D eigenvalue weighted by molar-refractivity contribution is 0.0336. The van der Waals surface area contributed by atoms with Crippen LogP contribution < -0.4 is 0 Å². The highest BCUT2D eigenvalue weighted by molar-refractivity contribution is 8.45. The van der Waals surface area contributed by atoms with Crippen molar-refractivity contribution in [2.75, 3.05) is 5.75 Å². The van der Waals surface area contributed by atoms with Crippen LogP contribution in [0.15, 0.2) is 29.2 Å². The minimum absolute atomic E-state index is 0.138. The summed E-state index contributed by atoms with van der Waals surface area (Å²) in [5, 5.41) is 18.7. The molecule has 0 heterocycles. The molecule has 0 aliphatic rings. The summed E-state index contributed by atoms with van der Waals surface area (Å²) < 4.78 is 62.6. The Morgan fingerprint density at radius 1 is 1.11 bits per heavy atom. The van der Waals surface area contributed by atoms with Crippen LogP contribution in [0.4, 0.5) is 19.4 Å². The van der Waals surface area contributed by atoms with Crippen molar-refractivity contribution in [3.05, 3.63) is 29.8 Å². The maximum absolute atomic E-state index is 12.5. The summed E-state index contributed by atoms with van der Waals surface area (Å²) >= 11 is 3.65. The number of benzene rings is 1. The van der Waals surface area contributed by atoms with E-state index in [1.54, 1.807) is 0 Å². The first-order chi connectivity index (χ1) is 7.85. The predicted molar refractivity (Wildman–Crippen MR) is 62.7 cm³/mol. The summed E-state index contributed by atoms with van der Waals surface area (Å²) in [6.07, 6.45) is -3.15. The molecule has 1 aromatic rings. The molecule has 0 aliphatic carbocycles. The molecule has 0 aromatic heterocycles. The number of hydrogen-bond donors (Lipinski definition) is 3. The predicted octanol–water partition coefficient (Wildman–Crippen LogP) is 3.67. The van der Waals surface area contributed by atoms with Gasteiger partial charge in [0.05, 0.1) is 6.10 Å². The van der Waals surface area contributed by atoms with Crippen molar-refractivity contribution in [3.8, 4) is 0 Å². The molecule has 2 atom stereocenters. The largest absolute Gasteiger partial charge is 0.389 e. The number of thiol groups is 1. The molecule has 106 valence electrons. The van der Waals surface area contributed by atoms with E-state index >= 15 is 0 Å². The molecule has 0 saturated heterocycles. The Labute approximate surface area is 106 Å². The Morgan fingerprint density at radius 3 is 2.11 bits per heavy atom. The molecule has 18 heavy (non-hydrogen) atoms. The minimum Gasteiger partial charge on any atom is -0.389 e. The van der Waals surface area contributed by atoms with Gasteiger partial charge in [0, 0.05) is 5.75 Å². The zero-order valence-corrected chi connectivity index (χ0v) is 10.5. The summed E-state index contributed by atoms with van der Waals surface area (Å²) in [5.74, 6) is -0.220. The molecule has 0 spiro atoms. The quantitative estimate of drug-likeness (QED) is 0.586. The van der Waals surface area contributed by atoms with Gasteiger partial charge in [0.15, 0.2) is 0 Å². The zero-order chi connectivity index (χ0) is 14.3. The molecule has 2 N–H and O–H groups in total. The number of rotatable bonds is 4. The highest BCUT2D eigenvalue weighted by Gasteiger charge is 2.65. The van der Waals surface area contributed by atoms with Gasteiger partial charge in [-0.05, 0) is 17.7 Å². The third-order valence-corrected chi connectivity index (χ3v) is 3.72. The van der Waals surface area contributed by atoms with Crippen molar-refractivity contribution in [2.24, 2.45) is 0 Å². The van der Waals surface area contributed by atoms with Crippen LogP contribution in [0.1, 0.15) is 11.7 Å². The second-order valence-electron chi connectivity index (χ2n) is 3.74. The van der Waals surface area contributed by atoms with Crippen molar-refractivity contribution in [2.45, 2.75) is 17.1 Å². The Kier molecular flexibility index (Phi) is 3.45. The molecule has 0 fully saturated rings. The normalized spacial score (nSPS) is 19.8. The van der Waals surface area contributed by atoms with Crippen molar-refractivity contribution in [3.63, 3.8) is 0 Å². The van der Waals surface area contributed by atoms with E-state index in [9.17, 15) is 29.6 Å². The first-order valence-corrected chi connectivity index (χ1v) is 7.24. The standard InChI is InChI=1S/C9H11F5O2S2/c10-18(11,12,13,14)7-3-1-2-6(4-7)9(16)8(15)5-17/h1-4,8-9,15-17H,5H2. The monoisotopic (exact) mass is 310 g/mol. The van der Waals surface area contributed by atoms with Gasteiger partial charge in [-0.3, -0.25) is 0 Å². The van der Waals surface area contributed by atoms with Crippen molar-refractivity contribution in [1.29, 1.82) is 0 Å². The highest BCUT2D eigenvalue weighted by Crippen LogP contribution is 3.02. The molecule has 0 aliphatic heterocycles. The molecule has 2 nitrogen and oxygen atoms in total. The van der Waals surface area contributed by atoms with Crippen LogP contribution in [0.5, 0.6) is 0 Å². The SMILES string of the molecule is OC(CS)C(O)c1cccc(S(F)(F)(F)(F)F)c1. The van der Waals surface area contributed by atoms with Crippen LogP contribution in [-0.4, -0.2) is 22.1 Å². The fourth-order valence-corrected chi connectivity index (χ4v) is 2.15. The first kappa shape index (κ1) is 15.5. The van der Waals surface area contributed by atoms with Crippen LogP contribution in [-0.2, 0) is 0 Å². The van der Waals surface area contributed by atoms with E-state index in [1.807, 2.05) is 0 Å². The van der Waals surface area contributed by atoms with Gasteiger partial charge in [-0.25, -0.2) is 0 Å². The van der Waals surface area contributed by atoms with E-state index in [4.69, 9.17) is 0 Å². The summed E-state index contributed by atoms with van der Waals surface area (Å²) in [7, 11) is -9.77. The number of halogens is 5. The molecule has 0 saturated carbocycles. The van der Waals surface area contributed by atoms with Crippen LogP contribution >= 0.6 is 22.9 Å². The topological polar surface area (TPSA) is 40.5 Å². The van der Waals surface area contributed by atoms with E-state index in [-0.39, 0.29) is 17.9 Å². The summed E-state index contributed by atoms with van der Waals surface area (Å²) in [4.78, 5) is -2.10. The average molecular weight is 310 g/mol. The van der Waals surface area contributed by atoms with Gasteiger partial charge >= 0.3 is 10.2 Å². The van der Waals surface area contributed by atoms with Crippen LogP contribution in [0.25, 0.3) is 0 Å². The Morgan fingerprint density at radius 2 is 1.67 bits per heavy atom. The van der Waals surface area contributed by atoms with E-state index < -0.39 is 32.9 Å². The molecule has 1 rings (SSSR count). The van der Waals surface area contributed by atoms with E-state index in [2.05, 4.69) is 12.6 Å². The third kappa shape index (κ3) is 3.74. The van der Waals surface area contributed by atoms with Gasteiger partial charge in [0.2, 0.25) is 0 Å². The number of aliphatic hydroxyl groups excluding tert-OH is 2. The van der Waals surface area contributed by atoms with Crippen molar-refractivity contribution in [1.82, 2.24) is 0 Å². The first-order valence-electron chi connectivity index (χ1n) is 4.66. The maximum atomic E-state index is 12.5. The highest BCUT2D eigenvalue weighted by atomic mass is 32.5. The Hall–Kier alpha value is -0.510. The second kappa shape index (κ2) is 3.99. The number of aliphatic hydroxyl groups is 2. The van der Waals surface area contributed by atoms with Crippen molar-refractivity contribution >= 4 is 22.9 Å². The van der Waals surface area contributed by atoms with Gasteiger partial charge < -0.3 is 10.2 Å². The van der Waals surface area contributed by atoms with E-state index in [0.717, 1.165) is 12.1 Å². The van der Waals surface area contributed by atoms with Gasteiger partial charge in [-0.15, -0.1) is 0 Å². The van der Waals surface area contributed by atoms with Crippen molar-refractivity contribution < 1.29 is 29.6 Å². The zero-order valence-electron chi connectivity index (χ0n) is 8.81. The lowest BCUT2D eigenvalue weighted by Crippen LogP contribution is -2.20. The van der Waals surface area contributed by atoms with E-state index in [0.29, 0.717) is 0 Å². The molecule has 1 aromatic carbocycles. The summed E-state index contributed by atoms with van der Waals surface area (Å²) in [5.41, 5.74) is -0.442. The van der Waals surface area contributed by atoms with Crippen LogP contribution in [0, 0.1) is 0 Å². The second-order valence-corrected chi connectivity index (χ2v) is 6.51. The van der Waals surface area contributed by atoms with Crippen LogP contribution in [0.2, 0.25) is 0 Å². The Bertz CT molecular complexity index is 447. The third-order valence-electron chi connectivity index (χ3n) is 2.20. The number of hydrogen-bond acceptors (Lipinski definition) is 3. The lowest BCUT2D eigenvalue weighted by atomic mass is 10.1. The smallest absolute Gasteiger partial charge is 0.310 e. The molecule has 0 bridgehead atoms. The fourth-order valence-electron chi connectivity index (χ4n) is 1.26. The fraction of sp³-hybridized carbons (Fsp3) is 0.333. The molecule has 0 radical (unpaired) electrons. The lowest BCUT2D eigenvalue weighted by Gasteiger charge is -2.40. The van der Waals surface area contributed by atoms with Gasteiger partial charge in [0.1, 0.15) is 11.0 Å². The maximum Gasteiger partial charge on any atom is 0.310 e. The average Bonchev–Trinajstić information content (AvgIpc) is 2.24. The van der Waals surface area contributed by atoms with Gasteiger partial charge in [-0.1, -0.05) is 31.6 Å². The molecule has 2 unspecified atom stereocenters. The molecular formula is C9H11F5O2S2. The van der Waals surface area contributed by atoms with Gasteiger partial charge in [-0.2, -0.15) is 12.6 Å². The summed E-state index contributed by atoms with van der Waals surface area (Å²) in [6, 6.07) is 2.13. The summed E-state index contributed by atoms with van der Waals surface area (Å²) in [6.45, 7) is 0. The molecule has 9 heteroatoms. The molecule has 0 amide bonds. The minimum atomic E-state index is -9.77.